The van der Waals surface area contributed by atoms with Gasteiger partial charge in [-0.25, -0.2) is 0 Å². The number of carbonyl (C=O) groups excluding carboxylic acids is 1. The van der Waals surface area contributed by atoms with Crippen LogP contribution in [0, 0.1) is 0 Å². The first kappa shape index (κ1) is 13.5. The van der Waals surface area contributed by atoms with Gasteiger partial charge in [0, 0.05) is 26.7 Å². The maximum absolute atomic E-state index is 11.6. The number of amides is 1. The van der Waals surface area contributed by atoms with Crippen molar-refractivity contribution in [2.24, 2.45) is 0 Å². The third kappa shape index (κ3) is 3.79. The lowest BCUT2D eigenvalue weighted by molar-refractivity contribution is -0.136. The zero-order valence-electron chi connectivity index (χ0n) is 11.0. The number of nitrogens with zero attached hydrogens (tertiary/aromatic N) is 2. The van der Waals surface area contributed by atoms with Crippen LogP contribution in [0.2, 0.25) is 0 Å². The van der Waals surface area contributed by atoms with E-state index in [1.54, 1.807) is 4.90 Å². The number of likely N-dealkylation sites (N-methyl/N-ethyl adjacent to an activating group) is 1. The molecule has 19 heavy (non-hydrogen) atoms. The fourth-order valence-corrected chi connectivity index (χ4v) is 2.14. The molecule has 1 saturated heterocycles. The molecule has 102 valence electrons. The first-order chi connectivity index (χ1) is 9.04. The highest BCUT2D eigenvalue weighted by atomic mass is 16.4. The van der Waals surface area contributed by atoms with Gasteiger partial charge in [-0.05, 0) is 11.1 Å². The van der Waals surface area contributed by atoms with Gasteiger partial charge in [0.05, 0.1) is 13.0 Å². The molecule has 2 rings (SSSR count). The molecule has 0 spiro atoms. The molecule has 1 heterocycles. The average molecular weight is 262 g/mol. The Kier molecular flexibility index (Phi) is 4.16. The molecule has 0 radical (unpaired) electrons. The fraction of sp³-hybridized carbons (Fsp3) is 0.429. The van der Waals surface area contributed by atoms with Gasteiger partial charge < -0.3 is 10.0 Å². The van der Waals surface area contributed by atoms with Crippen LogP contribution in [0.3, 0.4) is 0 Å². The lowest BCUT2D eigenvalue weighted by Crippen LogP contribution is -2.47. The molecule has 0 aromatic heterocycles. The first-order valence-electron chi connectivity index (χ1n) is 6.30. The second-order valence-electron chi connectivity index (χ2n) is 4.91. The summed E-state index contributed by atoms with van der Waals surface area (Å²) in [7, 11) is 1.82. The van der Waals surface area contributed by atoms with Gasteiger partial charge in [-0.15, -0.1) is 0 Å². The highest BCUT2D eigenvalue weighted by Crippen LogP contribution is 2.10. The molecule has 0 saturated carbocycles. The molecule has 1 aliphatic heterocycles. The van der Waals surface area contributed by atoms with Gasteiger partial charge >= 0.3 is 5.97 Å². The van der Waals surface area contributed by atoms with Crippen LogP contribution in [0.15, 0.2) is 24.3 Å². The van der Waals surface area contributed by atoms with Crippen molar-refractivity contribution in [3.05, 3.63) is 35.4 Å². The summed E-state index contributed by atoms with van der Waals surface area (Å²) >= 11 is 0. The molecule has 1 amide bonds. The second kappa shape index (κ2) is 5.84. The number of carbonyl (C=O) groups is 2. The SMILES string of the molecule is CN1CCN(Cc2ccc(CC(=O)O)cc2)CC1=O. The van der Waals surface area contributed by atoms with Crippen LogP contribution in [-0.4, -0.2) is 53.5 Å². The maximum Gasteiger partial charge on any atom is 0.307 e. The maximum atomic E-state index is 11.6. The topological polar surface area (TPSA) is 60.9 Å². The monoisotopic (exact) mass is 262 g/mol. The molecule has 1 aromatic carbocycles. The minimum absolute atomic E-state index is 0.0489. The van der Waals surface area contributed by atoms with Crippen molar-refractivity contribution in [3.8, 4) is 0 Å². The Hall–Kier alpha value is -1.88. The predicted molar refractivity (Wildman–Crippen MR) is 70.7 cm³/mol. The summed E-state index contributed by atoms with van der Waals surface area (Å²) in [5, 5.41) is 8.70. The quantitative estimate of drug-likeness (QED) is 0.862. The van der Waals surface area contributed by atoms with Gasteiger partial charge in [0.15, 0.2) is 0 Å². The van der Waals surface area contributed by atoms with E-state index in [1.165, 1.54) is 0 Å². The van der Waals surface area contributed by atoms with E-state index in [2.05, 4.69) is 4.90 Å². The van der Waals surface area contributed by atoms with Crippen molar-refractivity contribution in [1.29, 1.82) is 0 Å². The number of aliphatic carboxylic acids is 1. The Morgan fingerprint density at radius 3 is 2.42 bits per heavy atom. The number of benzene rings is 1. The molecule has 1 aliphatic rings. The minimum atomic E-state index is -0.822. The third-order valence-corrected chi connectivity index (χ3v) is 3.32. The Morgan fingerprint density at radius 1 is 1.21 bits per heavy atom. The third-order valence-electron chi connectivity index (χ3n) is 3.32. The van der Waals surface area contributed by atoms with Crippen molar-refractivity contribution in [3.63, 3.8) is 0 Å². The van der Waals surface area contributed by atoms with E-state index in [9.17, 15) is 9.59 Å². The van der Waals surface area contributed by atoms with Gasteiger partial charge in [0.25, 0.3) is 0 Å². The van der Waals surface area contributed by atoms with Crippen molar-refractivity contribution < 1.29 is 14.7 Å². The largest absolute Gasteiger partial charge is 0.481 e. The lowest BCUT2D eigenvalue weighted by Gasteiger charge is -2.31. The van der Waals surface area contributed by atoms with Gasteiger partial charge in [-0.2, -0.15) is 0 Å². The second-order valence-corrected chi connectivity index (χ2v) is 4.91. The molecule has 5 heteroatoms. The van der Waals surface area contributed by atoms with Gasteiger partial charge in [0.2, 0.25) is 5.91 Å². The number of hydrogen-bond acceptors (Lipinski definition) is 3. The summed E-state index contributed by atoms with van der Waals surface area (Å²) in [6.07, 6.45) is 0.0489. The molecule has 5 nitrogen and oxygen atoms in total. The van der Waals surface area contributed by atoms with Crippen LogP contribution in [0.4, 0.5) is 0 Å². The van der Waals surface area contributed by atoms with Crippen LogP contribution in [0.1, 0.15) is 11.1 Å². The van der Waals surface area contributed by atoms with Gasteiger partial charge in [0.1, 0.15) is 0 Å². The van der Waals surface area contributed by atoms with Crippen molar-refractivity contribution in [1.82, 2.24) is 9.80 Å². The highest BCUT2D eigenvalue weighted by molar-refractivity contribution is 5.78. The van der Waals surface area contributed by atoms with E-state index in [1.807, 2.05) is 31.3 Å². The zero-order chi connectivity index (χ0) is 13.8. The van der Waals surface area contributed by atoms with Crippen LogP contribution >= 0.6 is 0 Å². The van der Waals surface area contributed by atoms with Crippen LogP contribution in [0.25, 0.3) is 0 Å². The first-order valence-corrected chi connectivity index (χ1v) is 6.30. The summed E-state index contributed by atoms with van der Waals surface area (Å²) in [5.74, 6) is -0.675. The molecule has 1 N–H and O–H groups in total. The molecular formula is C14H18N2O3. The number of carboxylic acids is 1. The molecule has 1 fully saturated rings. The Bertz CT molecular complexity index is 470. The predicted octanol–water partition coefficient (Wildman–Crippen LogP) is 0.588. The minimum Gasteiger partial charge on any atom is -0.481 e. The zero-order valence-corrected chi connectivity index (χ0v) is 11.0. The molecule has 1 aromatic rings. The van der Waals surface area contributed by atoms with Crippen LogP contribution in [0.5, 0.6) is 0 Å². The molecule has 0 unspecified atom stereocenters. The summed E-state index contributed by atoms with van der Waals surface area (Å²) in [5.41, 5.74) is 1.90. The van der Waals surface area contributed by atoms with Crippen molar-refractivity contribution in [2.45, 2.75) is 13.0 Å². The Balaban J connectivity index is 1.92. The van der Waals surface area contributed by atoms with Crippen molar-refractivity contribution in [2.75, 3.05) is 26.7 Å². The molecule has 0 aliphatic carbocycles. The van der Waals surface area contributed by atoms with E-state index >= 15 is 0 Å². The van der Waals surface area contributed by atoms with Gasteiger partial charge in [-0.3, -0.25) is 14.5 Å². The number of carboxylic acid groups (broad SMARTS) is 1. The van der Waals surface area contributed by atoms with E-state index < -0.39 is 5.97 Å². The average Bonchev–Trinajstić information content (AvgIpc) is 2.36. The van der Waals surface area contributed by atoms with Crippen LogP contribution in [-0.2, 0) is 22.6 Å². The standard InChI is InChI=1S/C14H18N2O3/c1-15-6-7-16(10-13(15)17)9-12-4-2-11(3-5-12)8-14(18)19/h2-5H,6-10H2,1H3,(H,18,19). The van der Waals surface area contributed by atoms with Crippen LogP contribution < -0.4 is 0 Å². The highest BCUT2D eigenvalue weighted by Gasteiger charge is 2.20. The van der Waals surface area contributed by atoms with Crippen molar-refractivity contribution >= 4 is 11.9 Å². The summed E-state index contributed by atoms with van der Waals surface area (Å²) < 4.78 is 0. The van der Waals surface area contributed by atoms with Gasteiger partial charge in [-0.1, -0.05) is 24.3 Å². The van der Waals surface area contributed by atoms with E-state index in [0.29, 0.717) is 6.54 Å². The lowest BCUT2D eigenvalue weighted by atomic mass is 10.1. The van der Waals surface area contributed by atoms with E-state index in [-0.39, 0.29) is 12.3 Å². The number of rotatable bonds is 4. The Morgan fingerprint density at radius 2 is 1.84 bits per heavy atom. The molecular weight excluding hydrogens is 244 g/mol. The summed E-state index contributed by atoms with van der Waals surface area (Å²) in [6.45, 7) is 2.81. The molecule has 0 atom stereocenters. The summed E-state index contributed by atoms with van der Waals surface area (Å²) in [6, 6.07) is 7.53. The number of piperazine rings is 1. The normalized spacial score (nSPS) is 16.7. The number of hydrogen-bond donors (Lipinski definition) is 1. The van der Waals surface area contributed by atoms with E-state index in [4.69, 9.17) is 5.11 Å². The summed E-state index contributed by atoms with van der Waals surface area (Å²) in [4.78, 5) is 26.0. The smallest absolute Gasteiger partial charge is 0.307 e. The fourth-order valence-electron chi connectivity index (χ4n) is 2.14. The Labute approximate surface area is 112 Å². The molecule has 0 bridgehead atoms. The van der Waals surface area contributed by atoms with E-state index in [0.717, 1.165) is 30.8 Å².